The average Bonchev–Trinajstić information content (AvgIpc) is 2.45. The van der Waals surface area contributed by atoms with Gasteiger partial charge in [0, 0.05) is 18.2 Å². The number of alkyl halides is 2. The molecule has 2 aromatic carbocycles. The predicted molar refractivity (Wildman–Crippen MR) is 77.8 cm³/mol. The van der Waals surface area contributed by atoms with Gasteiger partial charge in [0.15, 0.2) is 0 Å². The van der Waals surface area contributed by atoms with Gasteiger partial charge in [-0.3, -0.25) is 0 Å². The van der Waals surface area contributed by atoms with E-state index in [0.717, 1.165) is 5.56 Å². The molecular formula is C17H19F2N. The molecule has 0 radical (unpaired) electrons. The van der Waals surface area contributed by atoms with Crippen LogP contribution in [0.4, 0.5) is 8.78 Å². The second kappa shape index (κ2) is 6.62. The van der Waals surface area contributed by atoms with Crippen LogP contribution in [0.5, 0.6) is 0 Å². The molecule has 0 unspecified atom stereocenters. The molecule has 0 bridgehead atoms. The van der Waals surface area contributed by atoms with Crippen LogP contribution in [0.1, 0.15) is 41.6 Å². The van der Waals surface area contributed by atoms with E-state index in [9.17, 15) is 8.78 Å². The zero-order valence-corrected chi connectivity index (χ0v) is 11.7. The highest BCUT2D eigenvalue weighted by Gasteiger charge is 2.08. The summed E-state index contributed by atoms with van der Waals surface area (Å²) in [4.78, 5) is 0. The van der Waals surface area contributed by atoms with E-state index in [0.29, 0.717) is 6.54 Å². The lowest BCUT2D eigenvalue weighted by Crippen LogP contribution is -2.18. The highest BCUT2D eigenvalue weighted by Crippen LogP contribution is 2.20. The molecule has 0 fully saturated rings. The topological polar surface area (TPSA) is 12.0 Å². The highest BCUT2D eigenvalue weighted by molar-refractivity contribution is 5.26. The van der Waals surface area contributed by atoms with Gasteiger partial charge >= 0.3 is 0 Å². The summed E-state index contributed by atoms with van der Waals surface area (Å²) in [5.41, 5.74) is 3.38. The largest absolute Gasteiger partial charge is 0.306 e. The van der Waals surface area contributed by atoms with Gasteiger partial charge in [-0.15, -0.1) is 0 Å². The van der Waals surface area contributed by atoms with E-state index in [-0.39, 0.29) is 11.6 Å². The third-order valence-corrected chi connectivity index (χ3v) is 3.36. The Balaban J connectivity index is 1.99. The molecule has 1 N–H and O–H groups in total. The van der Waals surface area contributed by atoms with Gasteiger partial charge < -0.3 is 5.32 Å². The fourth-order valence-electron chi connectivity index (χ4n) is 2.17. The maximum Gasteiger partial charge on any atom is 0.263 e. The van der Waals surface area contributed by atoms with Crippen molar-refractivity contribution in [3.05, 3.63) is 70.8 Å². The van der Waals surface area contributed by atoms with Crippen LogP contribution in [0.2, 0.25) is 0 Å². The number of hydrogen-bond donors (Lipinski definition) is 1. The first-order valence-electron chi connectivity index (χ1n) is 6.73. The Labute approximate surface area is 118 Å². The number of benzene rings is 2. The monoisotopic (exact) mass is 275 g/mol. The minimum atomic E-state index is -2.41. The molecule has 2 aromatic rings. The minimum Gasteiger partial charge on any atom is -0.306 e. The quantitative estimate of drug-likeness (QED) is 0.827. The van der Waals surface area contributed by atoms with Crippen LogP contribution in [0.3, 0.4) is 0 Å². The number of halogens is 2. The van der Waals surface area contributed by atoms with E-state index in [1.54, 1.807) is 12.1 Å². The smallest absolute Gasteiger partial charge is 0.263 e. The molecule has 1 nitrogen and oxygen atoms in total. The first kappa shape index (κ1) is 14.7. The molecule has 20 heavy (non-hydrogen) atoms. The predicted octanol–water partition coefficient (Wildman–Crippen LogP) is 4.78. The van der Waals surface area contributed by atoms with E-state index in [1.807, 2.05) is 12.1 Å². The minimum absolute atomic E-state index is 0.0764. The standard InChI is InChI=1S/C17H19F2N/c1-12-5-3-7-15(9-12)13(2)20-11-14-6-4-8-16(10-14)17(18)19/h3-10,13,17,20H,11H2,1-2H3/t13-/m1/s1. The molecule has 0 spiro atoms. The Morgan fingerprint density at radius 3 is 2.40 bits per heavy atom. The van der Waals surface area contributed by atoms with Crippen molar-refractivity contribution in [3.63, 3.8) is 0 Å². The molecule has 2 rings (SSSR count). The molecular weight excluding hydrogens is 256 g/mol. The highest BCUT2D eigenvalue weighted by atomic mass is 19.3. The summed E-state index contributed by atoms with van der Waals surface area (Å²) in [6, 6.07) is 15.0. The van der Waals surface area contributed by atoms with Gasteiger partial charge in [-0.05, 0) is 31.0 Å². The Bertz CT molecular complexity index is 566. The normalized spacial score (nSPS) is 12.7. The summed E-state index contributed by atoms with van der Waals surface area (Å²) in [5.74, 6) is 0. The SMILES string of the molecule is Cc1cccc([C@@H](C)NCc2cccc(C(F)F)c2)c1. The second-order valence-corrected chi connectivity index (χ2v) is 5.06. The van der Waals surface area contributed by atoms with Crippen molar-refractivity contribution in [1.29, 1.82) is 0 Å². The summed E-state index contributed by atoms with van der Waals surface area (Å²) in [5, 5.41) is 3.36. The summed E-state index contributed by atoms with van der Waals surface area (Å²) in [6.07, 6.45) is -2.41. The van der Waals surface area contributed by atoms with E-state index in [1.165, 1.54) is 17.2 Å². The summed E-state index contributed by atoms with van der Waals surface area (Å²) < 4.78 is 25.3. The zero-order valence-electron chi connectivity index (χ0n) is 11.7. The van der Waals surface area contributed by atoms with Crippen LogP contribution in [-0.4, -0.2) is 0 Å². The van der Waals surface area contributed by atoms with Crippen molar-refractivity contribution >= 4 is 0 Å². The Hall–Kier alpha value is -1.74. The number of hydrogen-bond acceptors (Lipinski definition) is 1. The first-order chi connectivity index (χ1) is 9.56. The summed E-state index contributed by atoms with van der Waals surface area (Å²) >= 11 is 0. The van der Waals surface area contributed by atoms with Gasteiger partial charge in [-0.25, -0.2) is 8.78 Å². The third kappa shape index (κ3) is 3.87. The zero-order chi connectivity index (χ0) is 14.5. The van der Waals surface area contributed by atoms with Gasteiger partial charge in [-0.2, -0.15) is 0 Å². The molecule has 0 saturated heterocycles. The van der Waals surface area contributed by atoms with Crippen LogP contribution in [0.25, 0.3) is 0 Å². The lowest BCUT2D eigenvalue weighted by Gasteiger charge is -2.15. The van der Waals surface area contributed by atoms with Crippen LogP contribution in [0, 0.1) is 6.92 Å². The summed E-state index contributed by atoms with van der Waals surface area (Å²) in [6.45, 7) is 4.71. The van der Waals surface area contributed by atoms with Gasteiger partial charge in [0.2, 0.25) is 0 Å². The molecule has 0 aliphatic rings. The van der Waals surface area contributed by atoms with Crippen molar-refractivity contribution in [3.8, 4) is 0 Å². The van der Waals surface area contributed by atoms with Crippen molar-refractivity contribution in [2.24, 2.45) is 0 Å². The first-order valence-corrected chi connectivity index (χ1v) is 6.73. The molecule has 0 aliphatic carbocycles. The van der Waals surface area contributed by atoms with Gasteiger partial charge in [0.1, 0.15) is 0 Å². The molecule has 3 heteroatoms. The Morgan fingerprint density at radius 1 is 1.00 bits per heavy atom. The second-order valence-electron chi connectivity index (χ2n) is 5.06. The van der Waals surface area contributed by atoms with Gasteiger partial charge in [-0.1, -0.05) is 48.0 Å². The van der Waals surface area contributed by atoms with Crippen molar-refractivity contribution in [2.75, 3.05) is 0 Å². The Kier molecular flexibility index (Phi) is 4.85. The average molecular weight is 275 g/mol. The maximum absolute atomic E-state index is 12.6. The Morgan fingerprint density at radius 2 is 1.70 bits per heavy atom. The fraction of sp³-hybridized carbons (Fsp3) is 0.294. The molecule has 0 aliphatic heterocycles. The summed E-state index contributed by atoms with van der Waals surface area (Å²) in [7, 11) is 0. The van der Waals surface area contributed by atoms with Gasteiger partial charge in [0.05, 0.1) is 0 Å². The van der Waals surface area contributed by atoms with Crippen LogP contribution in [0.15, 0.2) is 48.5 Å². The van der Waals surface area contributed by atoms with E-state index in [2.05, 4.69) is 37.4 Å². The van der Waals surface area contributed by atoms with E-state index in [4.69, 9.17) is 0 Å². The van der Waals surface area contributed by atoms with Crippen molar-refractivity contribution in [1.82, 2.24) is 5.32 Å². The van der Waals surface area contributed by atoms with Gasteiger partial charge in [0.25, 0.3) is 6.43 Å². The van der Waals surface area contributed by atoms with Crippen molar-refractivity contribution in [2.45, 2.75) is 32.9 Å². The van der Waals surface area contributed by atoms with Crippen LogP contribution >= 0.6 is 0 Å². The van der Waals surface area contributed by atoms with E-state index >= 15 is 0 Å². The molecule has 0 aromatic heterocycles. The lowest BCUT2D eigenvalue weighted by molar-refractivity contribution is 0.151. The molecule has 0 amide bonds. The van der Waals surface area contributed by atoms with Crippen LogP contribution < -0.4 is 5.32 Å². The molecule has 1 atom stereocenters. The third-order valence-electron chi connectivity index (χ3n) is 3.36. The number of aryl methyl sites for hydroxylation is 1. The molecule has 106 valence electrons. The molecule has 0 saturated carbocycles. The fourth-order valence-corrected chi connectivity index (χ4v) is 2.17. The van der Waals surface area contributed by atoms with Crippen LogP contribution in [-0.2, 0) is 6.54 Å². The maximum atomic E-state index is 12.6. The number of nitrogens with one attached hydrogen (secondary N) is 1. The van der Waals surface area contributed by atoms with Crippen molar-refractivity contribution < 1.29 is 8.78 Å². The number of rotatable bonds is 5. The molecule has 0 heterocycles. The van der Waals surface area contributed by atoms with E-state index < -0.39 is 6.43 Å². The lowest BCUT2D eigenvalue weighted by atomic mass is 10.1.